The molecule has 2 aromatic rings. The van der Waals surface area contributed by atoms with E-state index in [-0.39, 0.29) is 11.6 Å². The van der Waals surface area contributed by atoms with Crippen molar-refractivity contribution in [1.82, 2.24) is 4.57 Å². The molecule has 1 aromatic heterocycles. The highest BCUT2D eigenvalue weighted by Crippen LogP contribution is 2.15. The summed E-state index contributed by atoms with van der Waals surface area (Å²) in [7, 11) is 0. The molecule has 0 saturated heterocycles. The summed E-state index contributed by atoms with van der Waals surface area (Å²) in [5.41, 5.74) is 0.637. The van der Waals surface area contributed by atoms with E-state index in [0.717, 1.165) is 0 Å². The van der Waals surface area contributed by atoms with Gasteiger partial charge < -0.3 is 9.67 Å². The first-order valence-corrected chi connectivity index (χ1v) is 5.78. The maximum Gasteiger partial charge on any atom is 0.223 e. The monoisotopic (exact) mass is 247 g/mol. The van der Waals surface area contributed by atoms with Crippen molar-refractivity contribution in [2.75, 3.05) is 0 Å². The minimum absolute atomic E-state index is 0.253. The quantitative estimate of drug-likeness (QED) is 0.904. The summed E-state index contributed by atoms with van der Waals surface area (Å²) in [6.07, 6.45) is 2.09. The lowest BCUT2D eigenvalue weighted by molar-refractivity contribution is 0.450. The molecule has 0 amide bonds. The highest BCUT2D eigenvalue weighted by Gasteiger charge is 2.09. The Morgan fingerprint density at radius 1 is 1.28 bits per heavy atom. The number of aromatic hydroxyl groups is 1. The third kappa shape index (κ3) is 2.27. The van der Waals surface area contributed by atoms with Crippen molar-refractivity contribution in [2.45, 2.75) is 19.9 Å². The van der Waals surface area contributed by atoms with Gasteiger partial charge in [0.2, 0.25) is 5.43 Å². The lowest BCUT2D eigenvalue weighted by Crippen LogP contribution is -2.13. The molecule has 1 N–H and O–H groups in total. The Labute approximate surface area is 104 Å². The molecule has 0 radical (unpaired) electrons. The van der Waals surface area contributed by atoms with Crippen LogP contribution in [0.2, 0.25) is 0 Å². The van der Waals surface area contributed by atoms with E-state index in [1.807, 2.05) is 6.92 Å². The Morgan fingerprint density at radius 3 is 2.67 bits per heavy atom. The van der Waals surface area contributed by atoms with E-state index in [2.05, 4.69) is 0 Å². The Kier molecular flexibility index (Phi) is 3.46. The predicted octanol–water partition coefficient (Wildman–Crippen LogP) is 2.30. The summed E-state index contributed by atoms with van der Waals surface area (Å²) in [6, 6.07) is 7.75. The van der Waals surface area contributed by atoms with Crippen molar-refractivity contribution in [3.05, 3.63) is 63.8 Å². The first-order valence-electron chi connectivity index (χ1n) is 5.78. The third-order valence-corrected chi connectivity index (χ3v) is 2.89. The summed E-state index contributed by atoms with van der Waals surface area (Å²) in [5.74, 6) is -0.547. The van der Waals surface area contributed by atoms with Crippen LogP contribution >= 0.6 is 0 Å². The molecule has 0 aliphatic carbocycles. The van der Waals surface area contributed by atoms with Gasteiger partial charge in [-0.05, 0) is 12.5 Å². The number of halogens is 1. The number of benzene rings is 1. The van der Waals surface area contributed by atoms with Crippen LogP contribution in [0.5, 0.6) is 5.75 Å². The largest absolute Gasteiger partial charge is 0.503 e. The van der Waals surface area contributed by atoms with Gasteiger partial charge in [-0.2, -0.15) is 0 Å². The van der Waals surface area contributed by atoms with E-state index in [9.17, 15) is 14.3 Å². The van der Waals surface area contributed by atoms with Gasteiger partial charge in [-0.1, -0.05) is 25.1 Å². The average molecular weight is 247 g/mol. The summed E-state index contributed by atoms with van der Waals surface area (Å²) < 4.78 is 15.2. The number of aromatic nitrogens is 1. The van der Waals surface area contributed by atoms with Gasteiger partial charge in [0.25, 0.3) is 0 Å². The van der Waals surface area contributed by atoms with Crippen LogP contribution in [0.1, 0.15) is 18.2 Å². The molecular formula is C14H14FNO2. The normalized spacial score (nSPS) is 10.6. The zero-order chi connectivity index (χ0) is 13.1. The zero-order valence-corrected chi connectivity index (χ0v) is 10.1. The first-order chi connectivity index (χ1) is 8.63. The third-order valence-electron chi connectivity index (χ3n) is 2.89. The van der Waals surface area contributed by atoms with Crippen molar-refractivity contribution in [2.24, 2.45) is 0 Å². The molecule has 2 rings (SSSR count). The SMILES string of the molecule is CCc1c(O)c(=O)ccn1Cc1ccccc1F. The minimum Gasteiger partial charge on any atom is -0.503 e. The van der Waals surface area contributed by atoms with Crippen LogP contribution in [0.15, 0.2) is 41.3 Å². The number of rotatable bonds is 3. The molecule has 1 aromatic carbocycles. The fourth-order valence-electron chi connectivity index (χ4n) is 1.93. The molecule has 0 spiro atoms. The van der Waals surface area contributed by atoms with E-state index < -0.39 is 5.43 Å². The van der Waals surface area contributed by atoms with Crippen molar-refractivity contribution in [3.8, 4) is 5.75 Å². The van der Waals surface area contributed by atoms with Crippen LogP contribution in [0.25, 0.3) is 0 Å². The fourth-order valence-corrected chi connectivity index (χ4v) is 1.93. The lowest BCUT2D eigenvalue weighted by atomic mass is 10.2. The van der Waals surface area contributed by atoms with Crippen LogP contribution in [-0.2, 0) is 13.0 Å². The van der Waals surface area contributed by atoms with Crippen LogP contribution in [-0.4, -0.2) is 9.67 Å². The Hall–Kier alpha value is -2.10. The van der Waals surface area contributed by atoms with Crippen LogP contribution in [0.3, 0.4) is 0 Å². The zero-order valence-electron chi connectivity index (χ0n) is 10.1. The Bertz CT molecular complexity index is 619. The molecule has 18 heavy (non-hydrogen) atoms. The second kappa shape index (κ2) is 5.04. The van der Waals surface area contributed by atoms with Gasteiger partial charge in [0.1, 0.15) is 5.82 Å². The van der Waals surface area contributed by atoms with Crippen molar-refractivity contribution >= 4 is 0 Å². The van der Waals surface area contributed by atoms with Gasteiger partial charge in [-0.3, -0.25) is 4.79 Å². The number of hydrogen-bond acceptors (Lipinski definition) is 2. The number of hydrogen-bond donors (Lipinski definition) is 1. The second-order valence-corrected chi connectivity index (χ2v) is 4.05. The molecule has 0 bridgehead atoms. The Balaban J connectivity index is 2.44. The van der Waals surface area contributed by atoms with Crippen LogP contribution < -0.4 is 5.43 Å². The smallest absolute Gasteiger partial charge is 0.223 e. The maximum absolute atomic E-state index is 13.6. The van der Waals surface area contributed by atoms with Gasteiger partial charge in [-0.25, -0.2) is 4.39 Å². The topological polar surface area (TPSA) is 42.2 Å². The predicted molar refractivity (Wildman–Crippen MR) is 67.2 cm³/mol. The standard InChI is InChI=1S/C14H14FNO2/c1-2-12-14(18)13(17)7-8-16(12)9-10-5-3-4-6-11(10)15/h3-8,18H,2,9H2,1H3. The van der Waals surface area contributed by atoms with Gasteiger partial charge in [0, 0.05) is 17.8 Å². The summed E-state index contributed by atoms with van der Waals surface area (Å²) in [5, 5.41) is 9.70. The summed E-state index contributed by atoms with van der Waals surface area (Å²) in [4.78, 5) is 11.3. The summed E-state index contributed by atoms with van der Waals surface area (Å²) in [6.45, 7) is 2.13. The van der Waals surface area contributed by atoms with E-state index in [0.29, 0.717) is 24.2 Å². The lowest BCUT2D eigenvalue weighted by Gasteiger charge is -2.13. The molecule has 0 aliphatic rings. The highest BCUT2D eigenvalue weighted by molar-refractivity contribution is 5.28. The molecule has 0 fully saturated rings. The molecule has 0 unspecified atom stereocenters. The van der Waals surface area contributed by atoms with Crippen molar-refractivity contribution in [1.29, 1.82) is 0 Å². The van der Waals surface area contributed by atoms with Gasteiger partial charge >= 0.3 is 0 Å². The van der Waals surface area contributed by atoms with Crippen molar-refractivity contribution in [3.63, 3.8) is 0 Å². The van der Waals surface area contributed by atoms with E-state index in [1.54, 1.807) is 29.0 Å². The van der Waals surface area contributed by atoms with Crippen LogP contribution in [0.4, 0.5) is 4.39 Å². The number of pyridine rings is 1. The number of nitrogens with zero attached hydrogens (tertiary/aromatic N) is 1. The molecule has 0 aliphatic heterocycles. The Morgan fingerprint density at radius 2 is 2.00 bits per heavy atom. The fraction of sp³-hybridized carbons (Fsp3) is 0.214. The van der Waals surface area contributed by atoms with Gasteiger partial charge in [0.15, 0.2) is 5.75 Å². The van der Waals surface area contributed by atoms with Gasteiger partial charge in [0.05, 0.1) is 12.2 Å². The molecule has 0 saturated carbocycles. The molecule has 3 nitrogen and oxygen atoms in total. The molecular weight excluding hydrogens is 233 g/mol. The van der Waals surface area contributed by atoms with E-state index in [4.69, 9.17) is 0 Å². The van der Waals surface area contributed by atoms with Crippen molar-refractivity contribution < 1.29 is 9.50 Å². The van der Waals surface area contributed by atoms with E-state index >= 15 is 0 Å². The van der Waals surface area contributed by atoms with Crippen LogP contribution in [0, 0.1) is 5.82 Å². The van der Waals surface area contributed by atoms with Gasteiger partial charge in [-0.15, -0.1) is 0 Å². The summed E-state index contributed by atoms with van der Waals surface area (Å²) >= 11 is 0. The first kappa shape index (κ1) is 12.4. The molecule has 1 heterocycles. The minimum atomic E-state index is -0.406. The molecule has 0 atom stereocenters. The molecule has 94 valence electrons. The second-order valence-electron chi connectivity index (χ2n) is 4.05. The maximum atomic E-state index is 13.6. The van der Waals surface area contributed by atoms with E-state index in [1.165, 1.54) is 12.1 Å². The molecule has 4 heteroatoms. The average Bonchev–Trinajstić information content (AvgIpc) is 2.37. The highest BCUT2D eigenvalue weighted by atomic mass is 19.1.